The average Bonchev–Trinajstić information content (AvgIpc) is 3.46. The van der Waals surface area contributed by atoms with E-state index in [4.69, 9.17) is 34.2 Å². The van der Waals surface area contributed by atoms with Gasteiger partial charge in [0.1, 0.15) is 18.4 Å². The number of nitrogens with two attached hydrogens (primary N) is 1. The Morgan fingerprint density at radius 3 is 2.56 bits per heavy atom. The molecule has 41 heavy (non-hydrogen) atoms. The van der Waals surface area contributed by atoms with Crippen LogP contribution in [0.25, 0.3) is 0 Å². The Bertz CT molecular complexity index is 1420. The molecule has 5 atom stereocenters. The monoisotopic (exact) mass is 562 g/mol. The highest BCUT2D eigenvalue weighted by atomic mass is 16.7. The fourth-order valence-electron chi connectivity index (χ4n) is 7.64. The summed E-state index contributed by atoms with van der Waals surface area (Å²) in [6.07, 6.45) is 3.05. The third-order valence-corrected chi connectivity index (χ3v) is 9.14. The van der Waals surface area contributed by atoms with Gasteiger partial charge in [0.05, 0.1) is 25.3 Å². The number of rotatable bonds is 8. The summed E-state index contributed by atoms with van der Waals surface area (Å²) in [4.78, 5) is 4.66. The molecule has 218 valence electrons. The molecule has 4 heterocycles. The number of nitrogens with zero attached hydrogens (tertiary/aromatic N) is 3. The second kappa shape index (κ2) is 10.7. The molecule has 0 aromatic heterocycles. The predicted octanol–water partition coefficient (Wildman–Crippen LogP) is 3.32. The number of ether oxygens (including phenoxy) is 6. The van der Waals surface area contributed by atoms with Crippen LogP contribution < -0.4 is 29.4 Å². The van der Waals surface area contributed by atoms with Crippen LogP contribution in [-0.2, 0) is 17.6 Å². The molecule has 0 radical (unpaired) electrons. The standard InChI is InChI=1S/C31H38N4O6/c1-7-8-38-28-17(3)29-31(41-15-40-29)25-19(28)11-21-26-24-18(9-16(2)27(37-6)30(24)39-14-36-5)10-20(34(26)4)22(12-32)35(21)23(25)13-33/h7,9,20-23,26H,1,8,10-11,13-15,33H2,2-6H3/t20-,21?,22+,23+,26?/m1/s1. The van der Waals surface area contributed by atoms with Gasteiger partial charge in [-0.3, -0.25) is 9.80 Å². The molecule has 0 amide bonds. The highest BCUT2D eigenvalue weighted by molar-refractivity contribution is 5.66. The summed E-state index contributed by atoms with van der Waals surface area (Å²) in [6.45, 7) is 8.77. The van der Waals surface area contributed by atoms with E-state index in [0.29, 0.717) is 49.0 Å². The maximum absolute atomic E-state index is 10.7. The van der Waals surface area contributed by atoms with Crippen molar-refractivity contribution in [2.75, 3.05) is 48.0 Å². The number of fused-ring (bicyclic) bond motifs is 9. The van der Waals surface area contributed by atoms with Crippen LogP contribution in [0.5, 0.6) is 28.7 Å². The Morgan fingerprint density at radius 2 is 1.88 bits per heavy atom. The van der Waals surface area contributed by atoms with Crippen molar-refractivity contribution in [3.63, 3.8) is 0 Å². The van der Waals surface area contributed by atoms with Crippen LogP contribution in [0, 0.1) is 25.2 Å². The number of hydrogen-bond acceptors (Lipinski definition) is 10. The summed E-state index contributed by atoms with van der Waals surface area (Å²) in [6, 6.07) is 3.94. The second-order valence-corrected chi connectivity index (χ2v) is 11.1. The summed E-state index contributed by atoms with van der Waals surface area (Å²) in [5.74, 6) is 3.55. The van der Waals surface area contributed by atoms with Crippen molar-refractivity contribution in [1.29, 1.82) is 5.26 Å². The Labute approximate surface area is 241 Å². The van der Waals surface area contributed by atoms with Crippen LogP contribution >= 0.6 is 0 Å². The molecule has 6 rings (SSSR count). The molecule has 2 unspecified atom stereocenters. The lowest BCUT2D eigenvalue weighted by Gasteiger charge is -2.60. The molecule has 2 aromatic carbocycles. The maximum Gasteiger partial charge on any atom is 0.231 e. The number of hydrogen-bond donors (Lipinski definition) is 1. The molecule has 2 N–H and O–H groups in total. The highest BCUT2D eigenvalue weighted by Gasteiger charge is 2.56. The normalized spacial score (nSPS) is 25.9. The van der Waals surface area contributed by atoms with E-state index in [1.165, 1.54) is 5.56 Å². The van der Waals surface area contributed by atoms with E-state index in [1.807, 2.05) is 13.8 Å². The third-order valence-electron chi connectivity index (χ3n) is 9.14. The van der Waals surface area contributed by atoms with Gasteiger partial charge < -0.3 is 34.2 Å². The molecule has 0 aliphatic carbocycles. The minimum Gasteiger partial charge on any atom is -0.493 e. The predicted molar refractivity (Wildman–Crippen MR) is 152 cm³/mol. The van der Waals surface area contributed by atoms with Crippen molar-refractivity contribution in [1.82, 2.24) is 9.80 Å². The SMILES string of the molecule is C=CCOc1c(C)c2c(c3c1CC1C4c5c(cc(C)c(OC)c5OCOC)C[C@H]([C@H](C#N)N1[C@H]3CN)N4C)OCO2. The molecule has 4 aliphatic heterocycles. The summed E-state index contributed by atoms with van der Waals surface area (Å²) in [7, 11) is 5.38. The Kier molecular flexibility index (Phi) is 7.24. The van der Waals surface area contributed by atoms with Gasteiger partial charge in [0.15, 0.2) is 29.8 Å². The van der Waals surface area contributed by atoms with Crippen LogP contribution in [0.2, 0.25) is 0 Å². The van der Waals surface area contributed by atoms with Gasteiger partial charge in [-0.25, -0.2) is 0 Å². The van der Waals surface area contributed by atoms with Gasteiger partial charge in [0.25, 0.3) is 0 Å². The van der Waals surface area contributed by atoms with Crippen molar-refractivity contribution in [2.45, 2.75) is 56.9 Å². The maximum atomic E-state index is 10.7. The molecule has 2 aromatic rings. The van der Waals surface area contributed by atoms with E-state index in [-0.39, 0.29) is 37.8 Å². The van der Waals surface area contributed by atoms with Gasteiger partial charge in [-0.2, -0.15) is 5.26 Å². The number of likely N-dealkylation sites (N-methyl/N-ethyl adjacent to an activating group) is 1. The van der Waals surface area contributed by atoms with Gasteiger partial charge >= 0.3 is 0 Å². The molecule has 0 saturated carbocycles. The minimum absolute atomic E-state index is 0.0421. The third kappa shape index (κ3) is 3.98. The van der Waals surface area contributed by atoms with E-state index >= 15 is 0 Å². The Hall–Kier alpha value is -3.49. The van der Waals surface area contributed by atoms with Crippen LogP contribution in [0.1, 0.15) is 45.5 Å². The van der Waals surface area contributed by atoms with Crippen molar-refractivity contribution in [3.05, 3.63) is 52.1 Å². The number of nitriles is 1. The minimum atomic E-state index is -0.390. The zero-order chi connectivity index (χ0) is 29.0. The lowest BCUT2D eigenvalue weighted by atomic mass is 9.71. The van der Waals surface area contributed by atoms with E-state index in [9.17, 15) is 5.26 Å². The van der Waals surface area contributed by atoms with Gasteiger partial charge in [0, 0.05) is 48.0 Å². The molecule has 4 aliphatic rings. The fourth-order valence-corrected chi connectivity index (χ4v) is 7.64. The summed E-state index contributed by atoms with van der Waals surface area (Å²) < 4.78 is 35.8. The topological polar surface area (TPSA) is 112 Å². The summed E-state index contributed by atoms with van der Waals surface area (Å²) in [5.41, 5.74) is 12.7. The van der Waals surface area contributed by atoms with E-state index in [0.717, 1.165) is 33.6 Å². The molecule has 10 heteroatoms. The first kappa shape index (κ1) is 27.7. The quantitative estimate of drug-likeness (QED) is 0.380. The van der Waals surface area contributed by atoms with Crippen LogP contribution in [0.4, 0.5) is 0 Å². The lowest BCUT2D eigenvalue weighted by Crippen LogP contribution is -2.68. The molecule has 1 fully saturated rings. The van der Waals surface area contributed by atoms with Crippen molar-refractivity contribution >= 4 is 0 Å². The molecule has 2 bridgehead atoms. The largest absolute Gasteiger partial charge is 0.493 e. The summed E-state index contributed by atoms with van der Waals surface area (Å²) in [5, 5.41) is 10.7. The molecule has 1 saturated heterocycles. The average molecular weight is 563 g/mol. The van der Waals surface area contributed by atoms with E-state index in [1.54, 1.807) is 20.3 Å². The molecule has 10 nitrogen and oxygen atoms in total. The molecule has 0 spiro atoms. The van der Waals surface area contributed by atoms with Crippen LogP contribution in [-0.4, -0.2) is 75.9 Å². The van der Waals surface area contributed by atoms with Crippen LogP contribution in [0.15, 0.2) is 18.7 Å². The number of benzene rings is 2. The summed E-state index contributed by atoms with van der Waals surface area (Å²) >= 11 is 0. The number of methoxy groups -OCH3 is 2. The Morgan fingerprint density at radius 1 is 1.10 bits per heavy atom. The first-order valence-electron chi connectivity index (χ1n) is 14.0. The first-order chi connectivity index (χ1) is 19.9. The second-order valence-electron chi connectivity index (χ2n) is 11.1. The number of piperazine rings is 1. The highest BCUT2D eigenvalue weighted by Crippen LogP contribution is 2.58. The van der Waals surface area contributed by atoms with Crippen LogP contribution in [0.3, 0.4) is 0 Å². The molecular weight excluding hydrogens is 524 g/mol. The van der Waals surface area contributed by atoms with Gasteiger partial charge in [-0.05, 0) is 44.9 Å². The Balaban J connectivity index is 1.60. The van der Waals surface area contributed by atoms with E-state index < -0.39 is 6.04 Å². The first-order valence-corrected chi connectivity index (χ1v) is 14.0. The van der Waals surface area contributed by atoms with Crippen molar-refractivity contribution in [2.24, 2.45) is 5.73 Å². The van der Waals surface area contributed by atoms with Crippen molar-refractivity contribution < 1.29 is 28.4 Å². The smallest absolute Gasteiger partial charge is 0.231 e. The fraction of sp³-hybridized carbons (Fsp3) is 0.516. The lowest BCUT2D eigenvalue weighted by molar-refractivity contribution is -0.0719. The zero-order valence-electron chi connectivity index (χ0n) is 24.4. The van der Waals surface area contributed by atoms with Crippen molar-refractivity contribution in [3.8, 4) is 34.8 Å². The van der Waals surface area contributed by atoms with Gasteiger partial charge in [-0.15, -0.1) is 0 Å². The van der Waals surface area contributed by atoms with Gasteiger partial charge in [0.2, 0.25) is 6.79 Å². The van der Waals surface area contributed by atoms with E-state index in [2.05, 4.69) is 35.6 Å². The van der Waals surface area contributed by atoms with Gasteiger partial charge in [-0.1, -0.05) is 18.7 Å². The molecular formula is C31H38N4O6. The zero-order valence-corrected chi connectivity index (χ0v) is 24.4. The number of aryl methyl sites for hydroxylation is 1.